The van der Waals surface area contributed by atoms with Gasteiger partial charge in [-0.25, -0.2) is 0 Å². The quantitative estimate of drug-likeness (QED) is 0.463. The Bertz CT molecular complexity index is 320. The molecule has 4 nitrogen and oxygen atoms in total. The first-order valence-electron chi connectivity index (χ1n) is 7.03. The maximum Gasteiger partial charge on any atom is 0.185 e. The molecule has 19 heavy (non-hydrogen) atoms. The molecule has 6 heteroatoms. The van der Waals surface area contributed by atoms with Crippen LogP contribution in [-0.2, 0) is 0 Å². The Morgan fingerprint density at radius 2 is 1.68 bits per heavy atom. The van der Waals surface area contributed by atoms with Crippen LogP contribution in [-0.4, -0.2) is 22.3 Å². The summed E-state index contributed by atoms with van der Waals surface area (Å²) in [4.78, 5) is 0. The van der Waals surface area contributed by atoms with Crippen LogP contribution in [0.5, 0.6) is 0 Å². The van der Waals surface area contributed by atoms with Crippen molar-refractivity contribution < 1.29 is 0 Å². The molecule has 0 aromatic rings. The molecule has 0 aliphatic heterocycles. The fraction of sp³-hybridized carbons (Fsp3) is 0.846. The molecule has 0 amide bonds. The van der Waals surface area contributed by atoms with Gasteiger partial charge in [-0.05, 0) is 56.5 Å². The van der Waals surface area contributed by atoms with Crippen molar-refractivity contribution in [2.75, 3.05) is 0 Å². The van der Waals surface area contributed by atoms with E-state index in [9.17, 15) is 0 Å². The lowest BCUT2D eigenvalue weighted by atomic mass is 9.78. The molecule has 0 unspecified atom stereocenters. The standard InChI is InChI=1S/C13H26N4S2/c1-8(2)14-12(18)16-17-13(19)15-11-7-5-6-9(3)10(11)4/h8-11H,5-7H2,1-4H3,(H2,14,16,18)(H2,15,17,19)/t9-,10+,11-/m0/s1. The predicted molar refractivity (Wildman–Crippen MR) is 88.8 cm³/mol. The monoisotopic (exact) mass is 302 g/mol. The fourth-order valence-electron chi connectivity index (χ4n) is 2.40. The lowest BCUT2D eigenvalue weighted by Gasteiger charge is -2.35. The molecule has 0 spiro atoms. The van der Waals surface area contributed by atoms with Gasteiger partial charge in [0.15, 0.2) is 10.2 Å². The third-order valence-corrected chi connectivity index (χ3v) is 4.17. The summed E-state index contributed by atoms with van der Waals surface area (Å²) in [5.41, 5.74) is 5.83. The minimum absolute atomic E-state index is 0.308. The third kappa shape index (κ3) is 5.91. The van der Waals surface area contributed by atoms with Crippen molar-refractivity contribution in [2.24, 2.45) is 11.8 Å². The summed E-state index contributed by atoms with van der Waals surface area (Å²) in [6.45, 7) is 8.68. The summed E-state index contributed by atoms with van der Waals surface area (Å²) in [6, 6.07) is 0.764. The molecular formula is C13H26N4S2. The second-order valence-corrected chi connectivity index (χ2v) is 6.54. The number of hydrogen-bond donors (Lipinski definition) is 4. The number of rotatable bonds is 2. The highest BCUT2D eigenvalue weighted by atomic mass is 32.1. The molecule has 3 atom stereocenters. The van der Waals surface area contributed by atoms with Crippen LogP contribution < -0.4 is 21.5 Å². The summed E-state index contributed by atoms with van der Waals surface area (Å²) in [5, 5.41) is 7.64. The SMILES string of the molecule is CC(C)NC(=S)NNC(=S)N[C@H]1CCC[C@H](C)[C@H]1C. The van der Waals surface area contributed by atoms with E-state index in [0.717, 1.165) is 5.92 Å². The molecule has 1 saturated carbocycles. The lowest BCUT2D eigenvalue weighted by Crippen LogP contribution is -2.54. The summed E-state index contributed by atoms with van der Waals surface area (Å²) in [6.07, 6.45) is 3.77. The molecule has 1 aliphatic rings. The Kier molecular flexibility index (Phi) is 6.79. The van der Waals surface area contributed by atoms with E-state index in [0.29, 0.717) is 28.2 Å². The predicted octanol–water partition coefficient (Wildman–Crippen LogP) is 2.06. The summed E-state index contributed by atoms with van der Waals surface area (Å²) >= 11 is 10.4. The molecule has 1 aliphatic carbocycles. The topological polar surface area (TPSA) is 48.1 Å². The van der Waals surface area contributed by atoms with Gasteiger partial charge in [-0.2, -0.15) is 0 Å². The van der Waals surface area contributed by atoms with Crippen LogP contribution >= 0.6 is 24.4 Å². The molecular weight excluding hydrogens is 276 g/mol. The highest BCUT2D eigenvalue weighted by molar-refractivity contribution is 7.80. The molecule has 0 heterocycles. The minimum atomic E-state index is 0.308. The van der Waals surface area contributed by atoms with Crippen molar-refractivity contribution in [1.29, 1.82) is 0 Å². The van der Waals surface area contributed by atoms with E-state index in [1.54, 1.807) is 0 Å². The van der Waals surface area contributed by atoms with Crippen LogP contribution in [0, 0.1) is 11.8 Å². The Balaban J connectivity index is 2.29. The second kappa shape index (κ2) is 7.85. The van der Waals surface area contributed by atoms with Crippen molar-refractivity contribution in [3.05, 3.63) is 0 Å². The van der Waals surface area contributed by atoms with E-state index >= 15 is 0 Å². The number of thiocarbonyl (C=S) groups is 2. The first-order chi connectivity index (χ1) is 8.90. The molecule has 4 N–H and O–H groups in total. The first-order valence-corrected chi connectivity index (χ1v) is 7.84. The Morgan fingerprint density at radius 3 is 2.32 bits per heavy atom. The van der Waals surface area contributed by atoms with Crippen LogP contribution in [0.15, 0.2) is 0 Å². The Morgan fingerprint density at radius 1 is 1.05 bits per heavy atom. The molecule has 1 fully saturated rings. The van der Waals surface area contributed by atoms with Crippen LogP contribution in [0.2, 0.25) is 0 Å². The number of hydrogen-bond acceptors (Lipinski definition) is 2. The third-order valence-electron chi connectivity index (χ3n) is 3.73. The maximum atomic E-state index is 5.29. The average Bonchev–Trinajstić information content (AvgIpc) is 2.32. The molecule has 0 bridgehead atoms. The summed E-state index contributed by atoms with van der Waals surface area (Å²) in [7, 11) is 0. The van der Waals surface area contributed by atoms with Crippen molar-refractivity contribution >= 4 is 34.7 Å². The van der Waals surface area contributed by atoms with Crippen molar-refractivity contribution in [3.63, 3.8) is 0 Å². The van der Waals surface area contributed by atoms with Crippen LogP contribution in [0.1, 0.15) is 47.0 Å². The normalized spacial score (nSPS) is 26.7. The van der Waals surface area contributed by atoms with Gasteiger partial charge in [-0.15, -0.1) is 0 Å². The van der Waals surface area contributed by atoms with Crippen LogP contribution in [0.3, 0.4) is 0 Å². The van der Waals surface area contributed by atoms with Gasteiger partial charge >= 0.3 is 0 Å². The van der Waals surface area contributed by atoms with Crippen LogP contribution in [0.25, 0.3) is 0 Å². The maximum absolute atomic E-state index is 5.29. The first kappa shape index (κ1) is 16.4. The van der Waals surface area contributed by atoms with Gasteiger partial charge in [0, 0.05) is 12.1 Å². The highest BCUT2D eigenvalue weighted by Gasteiger charge is 2.27. The summed E-state index contributed by atoms with van der Waals surface area (Å²) in [5.74, 6) is 1.40. The molecule has 0 saturated heterocycles. The average molecular weight is 303 g/mol. The fourth-order valence-corrected chi connectivity index (χ4v) is 2.89. The van der Waals surface area contributed by atoms with E-state index in [-0.39, 0.29) is 0 Å². The van der Waals surface area contributed by atoms with Crippen molar-refractivity contribution in [3.8, 4) is 0 Å². The van der Waals surface area contributed by atoms with Crippen LogP contribution in [0.4, 0.5) is 0 Å². The van der Waals surface area contributed by atoms with Gasteiger partial charge < -0.3 is 10.6 Å². The smallest absolute Gasteiger partial charge is 0.185 e. The largest absolute Gasteiger partial charge is 0.359 e. The zero-order chi connectivity index (χ0) is 14.4. The molecule has 0 aromatic heterocycles. The van der Waals surface area contributed by atoms with E-state index in [2.05, 4.69) is 35.3 Å². The van der Waals surface area contributed by atoms with Crippen molar-refractivity contribution in [1.82, 2.24) is 21.5 Å². The lowest BCUT2D eigenvalue weighted by molar-refractivity contribution is 0.224. The zero-order valence-corrected chi connectivity index (χ0v) is 13.9. The molecule has 0 aromatic carbocycles. The minimum Gasteiger partial charge on any atom is -0.359 e. The van der Waals surface area contributed by atoms with Gasteiger partial charge in [0.1, 0.15) is 0 Å². The Hall–Kier alpha value is -0.620. The van der Waals surface area contributed by atoms with E-state index in [1.807, 2.05) is 13.8 Å². The van der Waals surface area contributed by atoms with Gasteiger partial charge in [0.2, 0.25) is 0 Å². The number of nitrogens with one attached hydrogen (secondary N) is 4. The summed E-state index contributed by atoms with van der Waals surface area (Å²) < 4.78 is 0. The van der Waals surface area contributed by atoms with E-state index in [4.69, 9.17) is 24.4 Å². The zero-order valence-electron chi connectivity index (χ0n) is 12.2. The number of hydrazine groups is 1. The van der Waals surface area contributed by atoms with Gasteiger partial charge in [0.25, 0.3) is 0 Å². The van der Waals surface area contributed by atoms with Gasteiger partial charge in [-0.1, -0.05) is 26.7 Å². The Labute approximate surface area is 127 Å². The highest BCUT2D eigenvalue weighted by Crippen LogP contribution is 2.29. The molecule has 1 rings (SSSR count). The van der Waals surface area contributed by atoms with E-state index < -0.39 is 0 Å². The van der Waals surface area contributed by atoms with E-state index in [1.165, 1.54) is 19.3 Å². The second-order valence-electron chi connectivity index (χ2n) is 5.73. The molecule has 110 valence electrons. The van der Waals surface area contributed by atoms with Gasteiger partial charge in [-0.3, -0.25) is 10.9 Å². The van der Waals surface area contributed by atoms with Crippen molar-refractivity contribution in [2.45, 2.75) is 59.0 Å². The molecule has 0 radical (unpaired) electrons. The van der Waals surface area contributed by atoms with Gasteiger partial charge in [0.05, 0.1) is 0 Å².